The molecule has 2 rings (SSSR count). The number of hydrogen-bond donors (Lipinski definition) is 2. The van der Waals surface area contributed by atoms with E-state index in [0.717, 1.165) is 37.0 Å². The Labute approximate surface area is 128 Å². The molecule has 1 heterocycles. The van der Waals surface area contributed by atoms with E-state index in [4.69, 9.17) is 0 Å². The van der Waals surface area contributed by atoms with Crippen molar-refractivity contribution in [1.29, 1.82) is 0 Å². The van der Waals surface area contributed by atoms with E-state index in [0.29, 0.717) is 5.92 Å². The topological polar surface area (TPSA) is 49.8 Å². The molecule has 0 radical (unpaired) electrons. The highest BCUT2D eigenvalue weighted by atomic mass is 15.1. The maximum atomic E-state index is 4.54. The van der Waals surface area contributed by atoms with Crippen LogP contribution in [0.25, 0.3) is 0 Å². The summed E-state index contributed by atoms with van der Waals surface area (Å²) in [5.41, 5.74) is 2.59. The lowest BCUT2D eigenvalue weighted by atomic mass is 9.97. The highest BCUT2D eigenvalue weighted by Crippen LogP contribution is 2.20. The first-order valence-electron chi connectivity index (χ1n) is 8.15. The van der Waals surface area contributed by atoms with Gasteiger partial charge in [-0.1, -0.05) is 25.5 Å². The monoisotopic (exact) mass is 288 g/mol. The predicted octanol–water partition coefficient (Wildman–Crippen LogP) is 4.16. The first-order chi connectivity index (χ1) is 10.1. The van der Waals surface area contributed by atoms with Crippen LogP contribution in [0.3, 0.4) is 0 Å². The number of hydrogen-bond acceptors (Lipinski definition) is 4. The lowest BCUT2D eigenvalue weighted by molar-refractivity contribution is 0.679. The fraction of sp³-hybridized carbons (Fsp3) is 0.647. The van der Waals surface area contributed by atoms with E-state index < -0.39 is 0 Å². The lowest BCUT2D eigenvalue weighted by Crippen LogP contribution is -2.13. The predicted molar refractivity (Wildman–Crippen MR) is 89.8 cm³/mol. The molecule has 1 aliphatic carbocycles. The molecule has 0 bridgehead atoms. The van der Waals surface area contributed by atoms with Crippen molar-refractivity contribution in [2.45, 2.75) is 52.9 Å². The molecule has 1 aromatic rings. The van der Waals surface area contributed by atoms with Crippen molar-refractivity contribution in [3.63, 3.8) is 0 Å². The molecule has 21 heavy (non-hydrogen) atoms. The lowest BCUT2D eigenvalue weighted by Gasteiger charge is -2.14. The molecule has 0 unspecified atom stereocenters. The highest BCUT2D eigenvalue weighted by Gasteiger charge is 2.05. The Kier molecular flexibility index (Phi) is 6.03. The molecule has 0 saturated carbocycles. The first-order valence-corrected chi connectivity index (χ1v) is 8.15. The van der Waals surface area contributed by atoms with E-state index in [1.54, 1.807) is 5.57 Å². The van der Waals surface area contributed by atoms with Gasteiger partial charge in [0.25, 0.3) is 0 Å². The van der Waals surface area contributed by atoms with Crippen LogP contribution in [0.15, 0.2) is 17.7 Å². The van der Waals surface area contributed by atoms with Crippen LogP contribution < -0.4 is 10.6 Å². The van der Waals surface area contributed by atoms with Crippen LogP contribution >= 0.6 is 0 Å². The van der Waals surface area contributed by atoms with Gasteiger partial charge in [0.15, 0.2) is 0 Å². The second-order valence-corrected chi connectivity index (χ2v) is 6.28. The minimum absolute atomic E-state index is 0.587. The van der Waals surface area contributed by atoms with Gasteiger partial charge in [0, 0.05) is 24.8 Å². The average Bonchev–Trinajstić information content (AvgIpc) is 2.46. The van der Waals surface area contributed by atoms with Crippen molar-refractivity contribution >= 4 is 11.8 Å². The normalized spacial score (nSPS) is 15.0. The summed E-state index contributed by atoms with van der Waals surface area (Å²) in [5.74, 6) is 2.23. The summed E-state index contributed by atoms with van der Waals surface area (Å²) in [4.78, 5) is 8.97. The standard InChI is InChI=1S/C17H28N4/c1-13(2)12-19-17-20-14(3)11-16(21-17)18-10-9-15-7-5-4-6-8-15/h7,11,13H,4-6,8-10,12H2,1-3H3,(H2,18,19,20,21). The molecule has 0 saturated heterocycles. The summed E-state index contributed by atoms with van der Waals surface area (Å²) in [7, 11) is 0. The summed E-state index contributed by atoms with van der Waals surface area (Å²) < 4.78 is 0. The summed E-state index contributed by atoms with van der Waals surface area (Å²) in [6.07, 6.45) is 8.76. The fourth-order valence-corrected chi connectivity index (χ4v) is 2.52. The molecule has 0 atom stereocenters. The average molecular weight is 288 g/mol. The molecule has 0 fully saturated rings. The maximum Gasteiger partial charge on any atom is 0.224 e. The zero-order valence-electron chi connectivity index (χ0n) is 13.6. The highest BCUT2D eigenvalue weighted by molar-refractivity contribution is 5.42. The number of rotatable bonds is 7. The Morgan fingerprint density at radius 1 is 1.19 bits per heavy atom. The number of nitrogens with zero attached hydrogens (tertiary/aromatic N) is 2. The van der Waals surface area contributed by atoms with Crippen LogP contribution in [0.4, 0.5) is 11.8 Å². The molecule has 1 aromatic heterocycles. The fourth-order valence-electron chi connectivity index (χ4n) is 2.52. The Hall–Kier alpha value is -1.58. The number of nitrogens with one attached hydrogen (secondary N) is 2. The van der Waals surface area contributed by atoms with Crippen LogP contribution in [0.5, 0.6) is 0 Å². The van der Waals surface area contributed by atoms with Crippen molar-refractivity contribution in [3.05, 3.63) is 23.4 Å². The van der Waals surface area contributed by atoms with Gasteiger partial charge in [-0.25, -0.2) is 4.98 Å². The largest absolute Gasteiger partial charge is 0.370 e. The third-order valence-corrected chi connectivity index (χ3v) is 3.66. The second-order valence-electron chi connectivity index (χ2n) is 6.28. The molecule has 116 valence electrons. The molecule has 0 aromatic carbocycles. The summed E-state index contributed by atoms with van der Waals surface area (Å²) in [6.45, 7) is 8.22. The van der Waals surface area contributed by atoms with Crippen molar-refractivity contribution in [1.82, 2.24) is 9.97 Å². The Morgan fingerprint density at radius 2 is 2.05 bits per heavy atom. The third kappa shape index (κ3) is 5.74. The first kappa shape index (κ1) is 15.8. The summed E-state index contributed by atoms with van der Waals surface area (Å²) in [6, 6.07) is 2.01. The van der Waals surface area contributed by atoms with E-state index >= 15 is 0 Å². The van der Waals surface area contributed by atoms with Crippen molar-refractivity contribution < 1.29 is 0 Å². The van der Waals surface area contributed by atoms with Gasteiger partial charge in [-0.15, -0.1) is 0 Å². The van der Waals surface area contributed by atoms with Crippen LogP contribution in [-0.4, -0.2) is 23.1 Å². The molecule has 0 amide bonds. The van der Waals surface area contributed by atoms with E-state index in [-0.39, 0.29) is 0 Å². The molecule has 1 aliphatic rings. The molecule has 0 aliphatic heterocycles. The van der Waals surface area contributed by atoms with Crippen LogP contribution in [0, 0.1) is 12.8 Å². The van der Waals surface area contributed by atoms with Gasteiger partial charge in [-0.05, 0) is 44.9 Å². The van der Waals surface area contributed by atoms with Gasteiger partial charge in [-0.3, -0.25) is 0 Å². The van der Waals surface area contributed by atoms with Crippen molar-refractivity contribution in [3.8, 4) is 0 Å². The molecule has 4 heteroatoms. The Morgan fingerprint density at radius 3 is 2.76 bits per heavy atom. The van der Waals surface area contributed by atoms with Gasteiger partial charge in [-0.2, -0.15) is 4.98 Å². The smallest absolute Gasteiger partial charge is 0.224 e. The van der Waals surface area contributed by atoms with E-state index in [9.17, 15) is 0 Å². The number of anilines is 2. The van der Waals surface area contributed by atoms with Crippen molar-refractivity contribution in [2.24, 2.45) is 5.92 Å². The maximum absolute atomic E-state index is 4.54. The van der Waals surface area contributed by atoms with Gasteiger partial charge < -0.3 is 10.6 Å². The van der Waals surface area contributed by atoms with Crippen LogP contribution in [0.1, 0.15) is 51.6 Å². The Bertz CT molecular complexity index is 480. The van der Waals surface area contributed by atoms with Gasteiger partial charge in [0.05, 0.1) is 0 Å². The zero-order valence-corrected chi connectivity index (χ0v) is 13.6. The van der Waals surface area contributed by atoms with E-state index in [2.05, 4.69) is 40.5 Å². The Balaban J connectivity index is 1.85. The van der Waals surface area contributed by atoms with Gasteiger partial charge in [0.2, 0.25) is 5.95 Å². The number of aryl methyl sites for hydroxylation is 1. The van der Waals surface area contributed by atoms with E-state index in [1.165, 1.54) is 25.7 Å². The minimum Gasteiger partial charge on any atom is -0.370 e. The zero-order chi connectivity index (χ0) is 15.1. The summed E-state index contributed by atoms with van der Waals surface area (Å²) >= 11 is 0. The molecular weight excluding hydrogens is 260 g/mol. The SMILES string of the molecule is Cc1cc(NCCC2=CCCCC2)nc(NCC(C)C)n1. The molecule has 0 spiro atoms. The molecular formula is C17H28N4. The second kappa shape index (κ2) is 8.01. The van der Waals surface area contributed by atoms with Gasteiger partial charge >= 0.3 is 0 Å². The van der Waals surface area contributed by atoms with E-state index in [1.807, 2.05) is 13.0 Å². The molecule has 2 N–H and O–H groups in total. The number of aromatic nitrogens is 2. The number of allylic oxidation sites excluding steroid dienone is 1. The third-order valence-electron chi connectivity index (χ3n) is 3.66. The quantitative estimate of drug-likeness (QED) is 0.740. The van der Waals surface area contributed by atoms with Gasteiger partial charge in [0.1, 0.15) is 5.82 Å². The van der Waals surface area contributed by atoms with Crippen LogP contribution in [0.2, 0.25) is 0 Å². The summed E-state index contributed by atoms with van der Waals surface area (Å²) in [5, 5.41) is 6.72. The molecule has 4 nitrogen and oxygen atoms in total. The van der Waals surface area contributed by atoms with Crippen LogP contribution in [-0.2, 0) is 0 Å². The minimum atomic E-state index is 0.587. The van der Waals surface area contributed by atoms with Crippen molar-refractivity contribution in [2.75, 3.05) is 23.7 Å².